The molecule has 1 atom stereocenters. The molecule has 8 heteroatoms. The van der Waals surface area contributed by atoms with Gasteiger partial charge in [0.15, 0.2) is 0 Å². The van der Waals surface area contributed by atoms with Crippen LogP contribution in [0.2, 0.25) is 0 Å². The van der Waals surface area contributed by atoms with Gasteiger partial charge >= 0.3 is 6.18 Å². The van der Waals surface area contributed by atoms with Crippen LogP contribution in [0.1, 0.15) is 60.8 Å². The minimum atomic E-state index is -4.31. The number of nitrogens with zero attached hydrogens (tertiary/aromatic N) is 1. The van der Waals surface area contributed by atoms with Crippen molar-refractivity contribution in [3.63, 3.8) is 0 Å². The van der Waals surface area contributed by atoms with Gasteiger partial charge in [-0.15, -0.1) is 0 Å². The normalized spacial score (nSPS) is 16.3. The molecule has 202 valence electrons. The summed E-state index contributed by atoms with van der Waals surface area (Å²) in [6.45, 7) is 9.52. The number of hydrogen-bond acceptors (Lipinski definition) is 4. The van der Waals surface area contributed by atoms with Crippen LogP contribution in [0.25, 0.3) is 5.70 Å². The second kappa shape index (κ2) is 13.1. The molecule has 1 aliphatic heterocycles. The molecule has 37 heavy (non-hydrogen) atoms. The van der Waals surface area contributed by atoms with Crippen LogP contribution in [0.3, 0.4) is 0 Å². The Balaban J connectivity index is 1.64. The molecule has 0 bridgehead atoms. The maximum atomic E-state index is 12.9. The van der Waals surface area contributed by atoms with Gasteiger partial charge in [0.2, 0.25) is 6.41 Å². The summed E-state index contributed by atoms with van der Waals surface area (Å²) in [6.07, 6.45) is -0.625. The highest BCUT2D eigenvalue weighted by Gasteiger charge is 2.32. The minimum Gasteiger partial charge on any atom is -0.382 e. The Kier molecular flexibility index (Phi) is 10.2. The number of halogens is 3. The van der Waals surface area contributed by atoms with E-state index in [2.05, 4.69) is 16.8 Å². The van der Waals surface area contributed by atoms with Gasteiger partial charge in [0.1, 0.15) is 0 Å². The predicted molar refractivity (Wildman–Crippen MR) is 139 cm³/mol. The zero-order valence-electron chi connectivity index (χ0n) is 21.7. The first-order valence-corrected chi connectivity index (χ1v) is 12.8. The van der Waals surface area contributed by atoms with Gasteiger partial charge in [0, 0.05) is 52.1 Å². The molecule has 0 spiro atoms. The van der Waals surface area contributed by atoms with Gasteiger partial charge in [-0.3, -0.25) is 4.79 Å². The Labute approximate surface area is 217 Å². The molecule has 1 saturated heterocycles. The third-order valence-electron chi connectivity index (χ3n) is 7.33. The third kappa shape index (κ3) is 7.36. The van der Waals surface area contributed by atoms with Crippen molar-refractivity contribution in [1.82, 2.24) is 10.2 Å². The second-order valence-corrected chi connectivity index (χ2v) is 9.37. The van der Waals surface area contributed by atoms with Crippen LogP contribution in [-0.2, 0) is 26.0 Å². The first-order chi connectivity index (χ1) is 17.7. The zero-order chi connectivity index (χ0) is 26.9. The third-order valence-corrected chi connectivity index (χ3v) is 7.33. The van der Waals surface area contributed by atoms with Gasteiger partial charge in [-0.05, 0) is 60.9 Å². The van der Waals surface area contributed by atoms with Gasteiger partial charge in [0.25, 0.3) is 0 Å². The molecule has 1 amide bonds. The maximum absolute atomic E-state index is 12.9. The Bertz CT molecular complexity index is 1000. The van der Waals surface area contributed by atoms with Crippen LogP contribution in [0, 0.1) is 0 Å². The number of ether oxygens (including phenoxy) is 2. The zero-order valence-corrected chi connectivity index (χ0v) is 21.7. The van der Waals surface area contributed by atoms with E-state index in [1.165, 1.54) is 12.1 Å². The van der Waals surface area contributed by atoms with Crippen LogP contribution in [-0.4, -0.2) is 51.3 Å². The first kappa shape index (κ1) is 28.7. The van der Waals surface area contributed by atoms with Crippen LogP contribution in [0.4, 0.5) is 13.2 Å². The molecule has 5 nitrogen and oxygen atoms in total. The van der Waals surface area contributed by atoms with Crippen molar-refractivity contribution >= 4 is 12.1 Å². The number of alkyl halides is 3. The van der Waals surface area contributed by atoms with E-state index in [-0.39, 0.29) is 5.92 Å². The molecule has 1 fully saturated rings. The number of benzene rings is 2. The summed E-state index contributed by atoms with van der Waals surface area (Å²) in [4.78, 5) is 13.0. The van der Waals surface area contributed by atoms with Crippen molar-refractivity contribution in [3.8, 4) is 0 Å². The topological polar surface area (TPSA) is 50.8 Å². The van der Waals surface area contributed by atoms with Gasteiger partial charge < -0.3 is 19.7 Å². The van der Waals surface area contributed by atoms with Crippen LogP contribution >= 0.6 is 0 Å². The van der Waals surface area contributed by atoms with E-state index >= 15 is 0 Å². The summed E-state index contributed by atoms with van der Waals surface area (Å²) < 4.78 is 50.2. The largest absolute Gasteiger partial charge is 0.416 e. The number of hydrogen-bond donors (Lipinski definition) is 1. The van der Waals surface area contributed by atoms with Gasteiger partial charge in [0.05, 0.1) is 11.2 Å². The quantitative estimate of drug-likeness (QED) is 0.263. The molecule has 1 heterocycles. The van der Waals surface area contributed by atoms with Crippen LogP contribution in [0.5, 0.6) is 0 Å². The Morgan fingerprint density at radius 3 is 2.22 bits per heavy atom. The number of methoxy groups -OCH3 is 1. The second-order valence-electron chi connectivity index (χ2n) is 9.37. The standard InChI is InChI=1S/C29H37F3N2O3/c1-4-37-20-16-28(36-3,15-17-33-21-35)26-9-5-23(6-10-26)22(2)34-18-13-25(14-19-34)24-7-11-27(12-8-24)29(30,31)32/h5-12,21,25H,2,4,13-20H2,1,3H3,(H,33,35). The summed E-state index contributed by atoms with van der Waals surface area (Å²) in [6, 6.07) is 13.7. The molecule has 3 rings (SSSR count). The highest BCUT2D eigenvalue weighted by molar-refractivity contribution is 5.62. The fraction of sp³-hybridized carbons (Fsp3) is 0.483. The SMILES string of the molecule is C=C(c1ccc(C(CCNC=O)(CCOCC)OC)cc1)N1CCC(c2ccc(C(F)(F)F)cc2)CC1. The molecule has 0 aliphatic carbocycles. The average molecular weight is 519 g/mol. The molecule has 0 radical (unpaired) electrons. The molecule has 1 N–H and O–H groups in total. The highest BCUT2D eigenvalue weighted by Crippen LogP contribution is 2.36. The number of amides is 1. The lowest BCUT2D eigenvalue weighted by molar-refractivity contribution is -0.137. The average Bonchev–Trinajstić information content (AvgIpc) is 2.92. The van der Waals surface area contributed by atoms with E-state index in [0.717, 1.165) is 48.3 Å². The number of piperidine rings is 1. The Morgan fingerprint density at radius 1 is 1.05 bits per heavy atom. The Hall–Kier alpha value is -2.84. The van der Waals surface area contributed by atoms with E-state index in [9.17, 15) is 18.0 Å². The van der Waals surface area contributed by atoms with Gasteiger partial charge in [-0.25, -0.2) is 0 Å². The smallest absolute Gasteiger partial charge is 0.382 e. The number of likely N-dealkylation sites (tertiary alicyclic amines) is 1. The minimum absolute atomic E-state index is 0.237. The van der Waals surface area contributed by atoms with Gasteiger partial charge in [-0.1, -0.05) is 43.0 Å². The molecule has 2 aromatic carbocycles. The molecule has 0 aromatic heterocycles. The van der Waals surface area contributed by atoms with E-state index in [0.29, 0.717) is 39.0 Å². The number of carbonyl (C=O) groups is 1. The summed E-state index contributed by atoms with van der Waals surface area (Å²) in [5, 5.41) is 2.72. The number of carbonyl (C=O) groups excluding carboxylic acids is 1. The fourth-order valence-electron chi connectivity index (χ4n) is 5.03. The summed E-state index contributed by atoms with van der Waals surface area (Å²) in [7, 11) is 1.68. The Morgan fingerprint density at radius 2 is 1.68 bits per heavy atom. The van der Waals surface area contributed by atoms with Crippen molar-refractivity contribution in [2.24, 2.45) is 0 Å². The number of rotatable bonds is 13. The van der Waals surface area contributed by atoms with Crippen LogP contribution < -0.4 is 5.32 Å². The highest BCUT2D eigenvalue weighted by atomic mass is 19.4. The fourth-order valence-corrected chi connectivity index (χ4v) is 5.03. The van der Waals surface area contributed by atoms with Crippen molar-refractivity contribution < 1.29 is 27.4 Å². The predicted octanol–water partition coefficient (Wildman–Crippen LogP) is 5.96. The molecule has 2 aromatic rings. The number of nitrogens with one attached hydrogen (secondary N) is 1. The summed E-state index contributed by atoms with van der Waals surface area (Å²) in [5.41, 5.74) is 2.72. The van der Waals surface area contributed by atoms with Gasteiger partial charge in [-0.2, -0.15) is 13.2 Å². The summed E-state index contributed by atoms with van der Waals surface area (Å²) in [5.74, 6) is 0.237. The van der Waals surface area contributed by atoms with Crippen molar-refractivity contribution in [2.45, 2.75) is 50.3 Å². The molecular formula is C29H37F3N2O3. The molecule has 0 saturated carbocycles. The molecule has 1 aliphatic rings. The van der Waals surface area contributed by atoms with E-state index < -0.39 is 17.3 Å². The lowest BCUT2D eigenvalue weighted by Crippen LogP contribution is -2.34. The first-order valence-electron chi connectivity index (χ1n) is 12.8. The lowest BCUT2D eigenvalue weighted by Gasteiger charge is -2.36. The van der Waals surface area contributed by atoms with Crippen molar-refractivity contribution in [1.29, 1.82) is 0 Å². The van der Waals surface area contributed by atoms with Crippen molar-refractivity contribution in [2.75, 3.05) is 40.0 Å². The van der Waals surface area contributed by atoms with Crippen molar-refractivity contribution in [3.05, 3.63) is 77.4 Å². The van der Waals surface area contributed by atoms with E-state index in [4.69, 9.17) is 9.47 Å². The molecular weight excluding hydrogens is 481 g/mol. The monoisotopic (exact) mass is 518 g/mol. The van der Waals surface area contributed by atoms with E-state index in [1.807, 2.05) is 31.2 Å². The van der Waals surface area contributed by atoms with Crippen LogP contribution in [0.15, 0.2) is 55.1 Å². The molecule has 1 unspecified atom stereocenters. The summed E-state index contributed by atoms with van der Waals surface area (Å²) >= 11 is 0. The lowest BCUT2D eigenvalue weighted by atomic mass is 9.86. The maximum Gasteiger partial charge on any atom is 0.416 e. The van der Waals surface area contributed by atoms with E-state index in [1.54, 1.807) is 19.2 Å².